The maximum atomic E-state index is 12.7. The lowest BCUT2D eigenvalue weighted by atomic mass is 10.1. The van der Waals surface area contributed by atoms with Crippen LogP contribution in [0.15, 0.2) is 21.3 Å². The molecule has 108 valence electrons. The van der Waals surface area contributed by atoms with Gasteiger partial charge in [-0.25, -0.2) is 5.10 Å². The summed E-state index contributed by atoms with van der Waals surface area (Å²) in [5.74, 6) is 0.517. The minimum atomic E-state index is -0.0872. The highest BCUT2D eigenvalue weighted by atomic mass is 32.1. The first-order valence-corrected chi connectivity index (χ1v) is 7.17. The van der Waals surface area contributed by atoms with E-state index in [1.54, 1.807) is 6.07 Å². The van der Waals surface area contributed by atoms with E-state index in [-0.39, 0.29) is 28.2 Å². The van der Waals surface area contributed by atoms with Crippen molar-refractivity contribution in [3.8, 4) is 11.5 Å². The molecule has 5 nitrogen and oxygen atoms in total. The van der Waals surface area contributed by atoms with Crippen LogP contribution in [0.3, 0.4) is 0 Å². The Hall–Kier alpha value is -1.69. The van der Waals surface area contributed by atoms with Crippen molar-refractivity contribution in [3.05, 3.63) is 33.0 Å². The van der Waals surface area contributed by atoms with Crippen molar-refractivity contribution in [2.75, 3.05) is 0 Å². The molecule has 1 atom stereocenters. The number of hydrogen-bond acceptors (Lipinski definition) is 4. The summed E-state index contributed by atoms with van der Waals surface area (Å²) in [7, 11) is 0. The quantitative estimate of drug-likeness (QED) is 0.874. The fourth-order valence-corrected chi connectivity index (χ4v) is 2.31. The molecule has 0 saturated heterocycles. The van der Waals surface area contributed by atoms with Gasteiger partial charge in [-0.05, 0) is 43.6 Å². The molecule has 0 radical (unpaired) electrons. The summed E-state index contributed by atoms with van der Waals surface area (Å²) in [6.07, 6.45) is 0.882. The van der Waals surface area contributed by atoms with E-state index in [2.05, 4.69) is 31.0 Å². The van der Waals surface area contributed by atoms with Gasteiger partial charge >= 0.3 is 0 Å². The highest BCUT2D eigenvalue weighted by molar-refractivity contribution is 7.71. The van der Waals surface area contributed by atoms with Gasteiger partial charge in [0.2, 0.25) is 0 Å². The summed E-state index contributed by atoms with van der Waals surface area (Å²) in [5, 5.41) is 6.48. The number of nitrogens with one attached hydrogen (secondary N) is 1. The second-order valence-electron chi connectivity index (χ2n) is 5.18. The standard InChI is InChI=1S/C14H19N3O2S/c1-5-9(4)17-11(8(2)3)7-6-10(13(17)18)12-15-16-14(20)19-12/h6-9H,5H2,1-4H3,(H,16,20). The van der Waals surface area contributed by atoms with Crippen molar-refractivity contribution in [3.63, 3.8) is 0 Å². The fraction of sp³-hybridized carbons (Fsp3) is 0.500. The lowest BCUT2D eigenvalue weighted by molar-refractivity contribution is 0.482. The van der Waals surface area contributed by atoms with Crippen molar-refractivity contribution in [1.82, 2.24) is 14.8 Å². The first kappa shape index (κ1) is 14.7. The fourth-order valence-electron chi connectivity index (χ4n) is 2.18. The Labute approximate surface area is 122 Å². The number of aromatic amines is 1. The first-order valence-electron chi connectivity index (χ1n) is 6.77. The van der Waals surface area contributed by atoms with E-state index >= 15 is 0 Å². The van der Waals surface area contributed by atoms with Gasteiger partial charge in [-0.15, -0.1) is 5.10 Å². The summed E-state index contributed by atoms with van der Waals surface area (Å²) < 4.78 is 7.08. The van der Waals surface area contributed by atoms with Crippen molar-refractivity contribution in [2.45, 2.75) is 46.1 Å². The molecule has 1 unspecified atom stereocenters. The lowest BCUT2D eigenvalue weighted by Crippen LogP contribution is -2.28. The Morgan fingerprint density at radius 2 is 2.10 bits per heavy atom. The molecule has 6 heteroatoms. The number of rotatable bonds is 4. The van der Waals surface area contributed by atoms with Gasteiger partial charge in [-0.2, -0.15) is 0 Å². The number of hydrogen-bond donors (Lipinski definition) is 1. The third-order valence-corrected chi connectivity index (χ3v) is 3.61. The predicted octanol–water partition coefficient (Wildman–Crippen LogP) is 3.66. The molecule has 0 bridgehead atoms. The minimum Gasteiger partial charge on any atom is -0.409 e. The van der Waals surface area contributed by atoms with Gasteiger partial charge in [-0.3, -0.25) is 4.79 Å². The minimum absolute atomic E-state index is 0.0872. The predicted molar refractivity (Wildman–Crippen MR) is 80.5 cm³/mol. The molecule has 0 saturated carbocycles. The van der Waals surface area contributed by atoms with Crippen molar-refractivity contribution < 1.29 is 4.42 Å². The Morgan fingerprint density at radius 1 is 1.40 bits per heavy atom. The molecule has 0 fully saturated rings. The van der Waals surface area contributed by atoms with Crippen LogP contribution in [0.2, 0.25) is 0 Å². The molecule has 0 aliphatic rings. The van der Waals surface area contributed by atoms with Crippen LogP contribution in [0.25, 0.3) is 11.5 Å². The van der Waals surface area contributed by atoms with Crippen LogP contribution in [0.4, 0.5) is 0 Å². The Kier molecular flexibility index (Phi) is 4.23. The molecule has 2 aromatic rings. The zero-order chi connectivity index (χ0) is 14.9. The Bertz CT molecular complexity index is 712. The third kappa shape index (κ3) is 2.60. The summed E-state index contributed by atoms with van der Waals surface area (Å²) in [5.41, 5.74) is 1.36. The Morgan fingerprint density at radius 3 is 2.60 bits per heavy atom. The highest BCUT2D eigenvalue weighted by Gasteiger charge is 2.18. The van der Waals surface area contributed by atoms with Crippen molar-refractivity contribution in [1.29, 1.82) is 0 Å². The second kappa shape index (κ2) is 5.75. The van der Waals surface area contributed by atoms with Gasteiger partial charge in [-0.1, -0.05) is 20.8 Å². The summed E-state index contributed by atoms with van der Waals surface area (Å²) in [6.45, 7) is 8.26. The van der Waals surface area contributed by atoms with E-state index in [0.29, 0.717) is 5.56 Å². The number of nitrogens with zero attached hydrogens (tertiary/aromatic N) is 2. The van der Waals surface area contributed by atoms with Gasteiger partial charge in [0.1, 0.15) is 5.56 Å². The highest BCUT2D eigenvalue weighted by Crippen LogP contribution is 2.22. The van der Waals surface area contributed by atoms with Gasteiger partial charge in [0.25, 0.3) is 16.3 Å². The summed E-state index contributed by atoms with van der Waals surface area (Å²) >= 11 is 4.86. The van der Waals surface area contributed by atoms with E-state index in [1.165, 1.54) is 0 Å². The molecule has 0 aromatic carbocycles. The molecule has 0 aliphatic heterocycles. The number of aromatic nitrogens is 3. The number of pyridine rings is 1. The van der Waals surface area contributed by atoms with Gasteiger partial charge in [0, 0.05) is 11.7 Å². The van der Waals surface area contributed by atoms with Crippen molar-refractivity contribution in [2.24, 2.45) is 0 Å². The maximum absolute atomic E-state index is 12.7. The summed E-state index contributed by atoms with van der Waals surface area (Å²) in [4.78, 5) is 12.9. The van der Waals surface area contributed by atoms with Crippen LogP contribution < -0.4 is 5.56 Å². The van der Waals surface area contributed by atoms with Gasteiger partial charge in [0.15, 0.2) is 0 Å². The van der Waals surface area contributed by atoms with Crippen molar-refractivity contribution >= 4 is 12.2 Å². The zero-order valence-corrected chi connectivity index (χ0v) is 13.0. The van der Waals surface area contributed by atoms with Gasteiger partial charge < -0.3 is 8.98 Å². The molecule has 2 rings (SSSR count). The van der Waals surface area contributed by atoms with Crippen LogP contribution in [0.5, 0.6) is 0 Å². The van der Waals surface area contributed by atoms with Crippen LogP contribution in [0.1, 0.15) is 51.8 Å². The molecule has 0 amide bonds. The molecule has 2 aromatic heterocycles. The van der Waals surface area contributed by atoms with E-state index in [4.69, 9.17) is 16.6 Å². The Balaban J connectivity index is 2.69. The molecule has 0 aliphatic carbocycles. The van der Waals surface area contributed by atoms with E-state index in [0.717, 1.165) is 12.1 Å². The van der Waals surface area contributed by atoms with Crippen LogP contribution in [-0.4, -0.2) is 14.8 Å². The summed E-state index contributed by atoms with van der Waals surface area (Å²) in [6, 6.07) is 3.84. The first-order chi connectivity index (χ1) is 9.45. The molecule has 0 spiro atoms. The lowest BCUT2D eigenvalue weighted by Gasteiger charge is -2.21. The van der Waals surface area contributed by atoms with E-state index in [1.807, 2.05) is 17.6 Å². The normalized spacial score (nSPS) is 12.8. The molecular formula is C14H19N3O2S. The zero-order valence-electron chi connectivity index (χ0n) is 12.1. The molecule has 1 N–H and O–H groups in total. The van der Waals surface area contributed by atoms with E-state index < -0.39 is 0 Å². The second-order valence-corrected chi connectivity index (χ2v) is 5.55. The SMILES string of the molecule is CCC(C)n1c(C(C)C)ccc(-c2n[nH]c(=S)o2)c1=O. The van der Waals surface area contributed by atoms with Crippen LogP contribution in [0, 0.1) is 4.84 Å². The molecule has 20 heavy (non-hydrogen) atoms. The molecular weight excluding hydrogens is 274 g/mol. The maximum Gasteiger partial charge on any atom is 0.284 e. The van der Waals surface area contributed by atoms with Gasteiger partial charge in [0.05, 0.1) is 0 Å². The molecule has 2 heterocycles. The van der Waals surface area contributed by atoms with E-state index in [9.17, 15) is 4.79 Å². The average molecular weight is 293 g/mol. The van der Waals surface area contributed by atoms with Crippen LogP contribution >= 0.6 is 12.2 Å². The smallest absolute Gasteiger partial charge is 0.284 e. The average Bonchev–Trinajstić information content (AvgIpc) is 2.83. The topological polar surface area (TPSA) is 63.8 Å². The monoisotopic (exact) mass is 293 g/mol. The number of H-pyrrole nitrogens is 1. The van der Waals surface area contributed by atoms with Crippen LogP contribution in [-0.2, 0) is 0 Å². The largest absolute Gasteiger partial charge is 0.409 e. The third-order valence-electron chi connectivity index (χ3n) is 3.44.